The third-order valence-corrected chi connectivity index (χ3v) is 5.38. The fraction of sp³-hybridized carbons (Fsp3) is 0.250. The Hall–Kier alpha value is -2.58. The minimum atomic E-state index is -0.418. The highest BCUT2D eigenvalue weighted by molar-refractivity contribution is 8.00. The number of hydrogen-bond acceptors (Lipinski definition) is 5. The van der Waals surface area contributed by atoms with Gasteiger partial charge in [-0.05, 0) is 42.8 Å². The molecule has 1 atom stereocenters. The highest BCUT2D eigenvalue weighted by Gasteiger charge is 2.21. The van der Waals surface area contributed by atoms with Crippen molar-refractivity contribution in [2.75, 3.05) is 14.2 Å². The van der Waals surface area contributed by atoms with Crippen molar-refractivity contribution >= 4 is 29.3 Å². The number of amides is 1. The molecular weight excluding hydrogens is 415 g/mol. The third-order valence-electron chi connectivity index (χ3n) is 4.20. The van der Waals surface area contributed by atoms with Crippen molar-refractivity contribution < 1.29 is 13.9 Å². The summed E-state index contributed by atoms with van der Waals surface area (Å²) in [6, 6.07) is 11.4. The zero-order valence-electron chi connectivity index (χ0n) is 16.1. The van der Waals surface area contributed by atoms with Gasteiger partial charge in [0, 0.05) is 18.6 Å². The summed E-state index contributed by atoms with van der Waals surface area (Å²) in [6.07, 6.45) is 0. The Kier molecular flexibility index (Phi) is 6.76. The number of thioether (sulfide) groups is 1. The van der Waals surface area contributed by atoms with Gasteiger partial charge < -0.3 is 9.64 Å². The normalized spacial score (nSPS) is 11.9. The van der Waals surface area contributed by atoms with Crippen molar-refractivity contribution in [1.29, 1.82) is 0 Å². The van der Waals surface area contributed by atoms with Crippen molar-refractivity contribution in [3.05, 3.63) is 58.9 Å². The summed E-state index contributed by atoms with van der Waals surface area (Å²) >= 11 is 7.31. The minimum Gasteiger partial charge on any atom is -0.496 e. The number of benzene rings is 2. The van der Waals surface area contributed by atoms with E-state index < -0.39 is 5.25 Å². The van der Waals surface area contributed by atoms with E-state index in [4.69, 9.17) is 16.3 Å². The Morgan fingerprint density at radius 1 is 1.34 bits per heavy atom. The van der Waals surface area contributed by atoms with Crippen molar-refractivity contribution in [3.8, 4) is 17.1 Å². The standard InChI is InChI=1S/C20H20ClFN4O2S/c1-12(19(27)26(2)11-13-5-4-6-15(22)9-13)29-20-23-18(24-25-20)16-10-14(21)7-8-17(16)28-3/h4-10,12H,11H2,1-3H3,(H,23,24,25). The Morgan fingerprint density at radius 3 is 2.86 bits per heavy atom. The number of nitrogens with one attached hydrogen (secondary N) is 1. The van der Waals surface area contributed by atoms with Crippen LogP contribution in [0.3, 0.4) is 0 Å². The molecule has 0 spiro atoms. The van der Waals surface area contributed by atoms with Gasteiger partial charge in [0.05, 0.1) is 17.9 Å². The number of nitrogens with zero attached hydrogens (tertiary/aromatic N) is 3. The average molecular weight is 435 g/mol. The second kappa shape index (κ2) is 9.28. The Labute approximate surface area is 177 Å². The van der Waals surface area contributed by atoms with Crippen LogP contribution in [0.25, 0.3) is 11.4 Å². The van der Waals surface area contributed by atoms with Gasteiger partial charge in [-0.25, -0.2) is 9.37 Å². The first kappa shape index (κ1) is 21.1. The van der Waals surface area contributed by atoms with Gasteiger partial charge in [-0.1, -0.05) is 35.5 Å². The molecule has 1 unspecified atom stereocenters. The van der Waals surface area contributed by atoms with E-state index in [2.05, 4.69) is 15.2 Å². The number of methoxy groups -OCH3 is 1. The van der Waals surface area contributed by atoms with Crippen LogP contribution in [0.2, 0.25) is 5.02 Å². The van der Waals surface area contributed by atoms with Crippen LogP contribution in [-0.2, 0) is 11.3 Å². The molecule has 1 amide bonds. The number of rotatable bonds is 7. The predicted molar refractivity (Wildman–Crippen MR) is 112 cm³/mol. The second-order valence-corrected chi connectivity index (χ2v) is 8.14. The summed E-state index contributed by atoms with van der Waals surface area (Å²) in [5, 5.41) is 7.60. The maximum absolute atomic E-state index is 13.3. The van der Waals surface area contributed by atoms with E-state index in [9.17, 15) is 9.18 Å². The third kappa shape index (κ3) is 5.27. The molecule has 0 saturated heterocycles. The first-order valence-corrected chi connectivity index (χ1v) is 10.1. The van der Waals surface area contributed by atoms with Crippen molar-refractivity contribution in [3.63, 3.8) is 0 Å². The molecule has 0 aliphatic heterocycles. The lowest BCUT2D eigenvalue weighted by Gasteiger charge is -2.20. The summed E-state index contributed by atoms with van der Waals surface area (Å²) in [7, 11) is 3.25. The lowest BCUT2D eigenvalue weighted by atomic mass is 10.2. The van der Waals surface area contributed by atoms with Crippen LogP contribution >= 0.6 is 23.4 Å². The maximum Gasteiger partial charge on any atom is 0.235 e. The average Bonchev–Trinajstić information content (AvgIpc) is 3.15. The lowest BCUT2D eigenvalue weighted by molar-refractivity contribution is -0.129. The number of ether oxygens (including phenoxy) is 1. The monoisotopic (exact) mass is 434 g/mol. The lowest BCUT2D eigenvalue weighted by Crippen LogP contribution is -2.32. The van der Waals surface area contributed by atoms with E-state index in [1.54, 1.807) is 56.3 Å². The summed E-state index contributed by atoms with van der Waals surface area (Å²) < 4.78 is 18.7. The number of aromatic amines is 1. The summed E-state index contributed by atoms with van der Waals surface area (Å²) in [4.78, 5) is 18.7. The zero-order chi connectivity index (χ0) is 21.0. The molecule has 6 nitrogen and oxygen atoms in total. The Balaban J connectivity index is 1.67. The van der Waals surface area contributed by atoms with Gasteiger partial charge in [0.15, 0.2) is 5.82 Å². The number of halogens is 2. The Morgan fingerprint density at radius 2 is 2.14 bits per heavy atom. The summed E-state index contributed by atoms with van der Waals surface area (Å²) in [5.74, 6) is 0.682. The number of hydrogen-bond donors (Lipinski definition) is 1. The number of H-pyrrole nitrogens is 1. The molecule has 3 aromatic rings. The molecule has 29 heavy (non-hydrogen) atoms. The van der Waals surface area contributed by atoms with Crippen molar-refractivity contribution in [2.24, 2.45) is 0 Å². The molecular formula is C20H20ClFN4O2S. The minimum absolute atomic E-state index is 0.106. The first-order chi connectivity index (χ1) is 13.9. The summed E-state index contributed by atoms with van der Waals surface area (Å²) in [5.41, 5.74) is 1.41. The topological polar surface area (TPSA) is 71.1 Å². The smallest absolute Gasteiger partial charge is 0.235 e. The van der Waals surface area contributed by atoms with Crippen molar-refractivity contribution in [2.45, 2.75) is 23.9 Å². The van der Waals surface area contributed by atoms with Crippen LogP contribution in [0.15, 0.2) is 47.6 Å². The molecule has 152 valence electrons. The molecule has 0 aliphatic rings. The molecule has 1 aromatic heterocycles. The molecule has 1 heterocycles. The fourth-order valence-electron chi connectivity index (χ4n) is 2.79. The first-order valence-electron chi connectivity index (χ1n) is 8.79. The van der Waals surface area contributed by atoms with Gasteiger partial charge in [-0.3, -0.25) is 9.89 Å². The SMILES string of the molecule is COc1ccc(Cl)cc1-c1nc(SC(C)C(=O)N(C)Cc2cccc(F)c2)n[nH]1. The van der Waals surface area contributed by atoms with E-state index in [1.165, 1.54) is 23.9 Å². The van der Waals surface area contributed by atoms with Gasteiger partial charge >= 0.3 is 0 Å². The number of carbonyl (C=O) groups is 1. The van der Waals surface area contributed by atoms with Crippen LogP contribution < -0.4 is 4.74 Å². The molecule has 0 bridgehead atoms. The molecule has 3 rings (SSSR count). The Bertz CT molecular complexity index is 1010. The van der Waals surface area contributed by atoms with Gasteiger partial charge in [0.1, 0.15) is 11.6 Å². The van der Waals surface area contributed by atoms with E-state index in [-0.39, 0.29) is 11.7 Å². The van der Waals surface area contributed by atoms with Crippen LogP contribution in [0.4, 0.5) is 4.39 Å². The zero-order valence-corrected chi connectivity index (χ0v) is 17.7. The van der Waals surface area contributed by atoms with Crippen LogP contribution in [-0.4, -0.2) is 45.4 Å². The summed E-state index contributed by atoms with van der Waals surface area (Å²) in [6.45, 7) is 2.10. The van der Waals surface area contributed by atoms with Crippen LogP contribution in [0.5, 0.6) is 5.75 Å². The van der Waals surface area contributed by atoms with Crippen LogP contribution in [0.1, 0.15) is 12.5 Å². The highest BCUT2D eigenvalue weighted by atomic mass is 35.5. The van der Waals surface area contributed by atoms with E-state index in [0.717, 1.165) is 5.56 Å². The van der Waals surface area contributed by atoms with Gasteiger partial charge in [-0.2, -0.15) is 0 Å². The van der Waals surface area contributed by atoms with E-state index in [0.29, 0.717) is 33.9 Å². The molecule has 2 aromatic carbocycles. The number of carbonyl (C=O) groups excluding carboxylic acids is 1. The molecule has 9 heteroatoms. The van der Waals surface area contributed by atoms with E-state index in [1.807, 2.05) is 0 Å². The fourth-order valence-corrected chi connectivity index (χ4v) is 3.80. The highest BCUT2D eigenvalue weighted by Crippen LogP contribution is 2.31. The van der Waals surface area contributed by atoms with Gasteiger partial charge in [-0.15, -0.1) is 5.10 Å². The predicted octanol–water partition coefficient (Wildman–Crippen LogP) is 4.41. The van der Waals surface area contributed by atoms with Gasteiger partial charge in [0.25, 0.3) is 0 Å². The molecule has 0 aliphatic carbocycles. The largest absolute Gasteiger partial charge is 0.496 e. The van der Waals surface area contributed by atoms with Crippen molar-refractivity contribution in [1.82, 2.24) is 20.1 Å². The number of aromatic nitrogens is 3. The van der Waals surface area contributed by atoms with Gasteiger partial charge in [0.2, 0.25) is 11.1 Å². The second-order valence-electron chi connectivity index (χ2n) is 6.40. The molecule has 0 radical (unpaired) electrons. The molecule has 0 fully saturated rings. The van der Waals surface area contributed by atoms with E-state index >= 15 is 0 Å². The maximum atomic E-state index is 13.3. The van der Waals surface area contributed by atoms with Crippen LogP contribution in [0, 0.1) is 5.82 Å². The molecule has 0 saturated carbocycles. The quantitative estimate of drug-likeness (QED) is 0.557. The molecule has 1 N–H and O–H groups in total.